The molecule has 0 radical (unpaired) electrons. The summed E-state index contributed by atoms with van der Waals surface area (Å²) in [4.78, 5) is 30.7. The largest absolute Gasteiger partial charge is 0.316 e. The molecule has 0 fully saturated rings. The number of aryl methyl sites for hydroxylation is 1. The lowest BCUT2D eigenvalue weighted by Gasteiger charge is -2.12. The molecule has 0 atom stereocenters. The van der Waals surface area contributed by atoms with Crippen molar-refractivity contribution in [2.24, 2.45) is 5.92 Å². The summed E-state index contributed by atoms with van der Waals surface area (Å²) in [5.41, 5.74) is 1.21. The number of hydrogen-bond acceptors (Lipinski definition) is 3. The highest BCUT2D eigenvalue weighted by Crippen LogP contribution is 2.16. The molecule has 0 bridgehead atoms. The second kappa shape index (κ2) is 5.63. The van der Waals surface area contributed by atoms with Crippen LogP contribution in [0.1, 0.15) is 20.3 Å². The van der Waals surface area contributed by atoms with E-state index >= 15 is 0 Å². The predicted octanol–water partition coefficient (Wildman–Crippen LogP) is 1.92. The van der Waals surface area contributed by atoms with Crippen LogP contribution in [0, 0.1) is 5.92 Å². The minimum Gasteiger partial charge on any atom is -0.316 e. The molecule has 2 heterocycles. The summed E-state index contributed by atoms with van der Waals surface area (Å²) < 4.78 is 3.43. The lowest BCUT2D eigenvalue weighted by Crippen LogP contribution is -2.36. The number of aromatic amines is 1. The molecule has 0 saturated heterocycles. The Bertz CT molecular complexity index is 904. The number of nitrogens with one attached hydrogen (secondary N) is 1. The van der Waals surface area contributed by atoms with Gasteiger partial charge in [0, 0.05) is 24.6 Å². The zero-order chi connectivity index (χ0) is 15.7. The van der Waals surface area contributed by atoms with Gasteiger partial charge < -0.3 is 14.1 Å². The third-order valence-corrected chi connectivity index (χ3v) is 3.69. The third kappa shape index (κ3) is 2.59. The van der Waals surface area contributed by atoms with Crippen LogP contribution in [0.2, 0.25) is 0 Å². The van der Waals surface area contributed by atoms with E-state index in [1.54, 1.807) is 17.1 Å². The van der Waals surface area contributed by atoms with E-state index in [-0.39, 0.29) is 0 Å². The second-order valence-corrected chi connectivity index (χ2v) is 5.76. The van der Waals surface area contributed by atoms with Crippen molar-refractivity contribution in [3.05, 3.63) is 57.6 Å². The number of aromatic nitrogens is 4. The first-order valence-electron chi connectivity index (χ1n) is 7.31. The van der Waals surface area contributed by atoms with Gasteiger partial charge in [-0.05, 0) is 30.5 Å². The smallest absolute Gasteiger partial charge is 0.316 e. The van der Waals surface area contributed by atoms with Gasteiger partial charge in [-0.2, -0.15) is 0 Å². The van der Waals surface area contributed by atoms with Crippen LogP contribution in [-0.4, -0.2) is 19.1 Å². The molecule has 3 rings (SSSR count). The first-order valence-corrected chi connectivity index (χ1v) is 7.31. The summed E-state index contributed by atoms with van der Waals surface area (Å²) in [5.74, 6) is 0.457. The van der Waals surface area contributed by atoms with E-state index in [1.165, 1.54) is 0 Å². The van der Waals surface area contributed by atoms with E-state index in [9.17, 15) is 9.59 Å². The van der Waals surface area contributed by atoms with Crippen molar-refractivity contribution in [2.75, 3.05) is 0 Å². The van der Waals surface area contributed by atoms with Crippen molar-refractivity contribution >= 4 is 11.0 Å². The molecule has 2 aromatic heterocycles. The SMILES string of the molecule is CC(C)CCn1c(=O)c(=O)[nH]c2ccc(-n3ccnc3)cc21. The topological polar surface area (TPSA) is 72.7 Å². The van der Waals surface area contributed by atoms with Gasteiger partial charge in [0.1, 0.15) is 0 Å². The second-order valence-electron chi connectivity index (χ2n) is 5.76. The fourth-order valence-corrected chi connectivity index (χ4v) is 2.44. The number of nitrogens with zero attached hydrogens (tertiary/aromatic N) is 3. The molecule has 6 heteroatoms. The Balaban J connectivity index is 2.20. The van der Waals surface area contributed by atoms with E-state index in [2.05, 4.69) is 23.8 Å². The fourth-order valence-electron chi connectivity index (χ4n) is 2.44. The van der Waals surface area contributed by atoms with Crippen molar-refractivity contribution in [3.63, 3.8) is 0 Å². The van der Waals surface area contributed by atoms with Crippen LogP contribution in [0.4, 0.5) is 0 Å². The molecule has 0 aliphatic rings. The summed E-state index contributed by atoms with van der Waals surface area (Å²) in [5, 5.41) is 0. The van der Waals surface area contributed by atoms with Crippen LogP contribution in [0.5, 0.6) is 0 Å². The average Bonchev–Trinajstić information content (AvgIpc) is 3.01. The van der Waals surface area contributed by atoms with Gasteiger partial charge in [0.15, 0.2) is 0 Å². The molecule has 0 aliphatic heterocycles. The van der Waals surface area contributed by atoms with Crippen LogP contribution < -0.4 is 11.1 Å². The van der Waals surface area contributed by atoms with E-state index in [0.717, 1.165) is 17.6 Å². The Labute approximate surface area is 127 Å². The van der Waals surface area contributed by atoms with Gasteiger partial charge in [-0.3, -0.25) is 9.59 Å². The lowest BCUT2D eigenvalue weighted by atomic mass is 10.1. The minimum absolute atomic E-state index is 0.457. The van der Waals surface area contributed by atoms with Crippen molar-refractivity contribution in [1.82, 2.24) is 19.1 Å². The quantitative estimate of drug-likeness (QED) is 0.748. The zero-order valence-corrected chi connectivity index (χ0v) is 12.6. The molecule has 0 saturated carbocycles. The minimum atomic E-state index is -0.577. The normalized spacial score (nSPS) is 11.4. The van der Waals surface area contributed by atoms with E-state index < -0.39 is 11.1 Å². The standard InChI is InChI=1S/C16H18N4O2/c1-11(2)5-7-20-14-9-12(19-8-6-17-10-19)3-4-13(14)18-15(21)16(20)22/h3-4,6,8-11H,5,7H2,1-2H3,(H,18,21). The number of rotatable bonds is 4. The highest BCUT2D eigenvalue weighted by molar-refractivity contribution is 5.77. The zero-order valence-electron chi connectivity index (χ0n) is 12.6. The van der Waals surface area contributed by atoms with E-state index in [0.29, 0.717) is 18.0 Å². The van der Waals surface area contributed by atoms with E-state index in [1.807, 2.05) is 29.0 Å². The van der Waals surface area contributed by atoms with Crippen LogP contribution in [-0.2, 0) is 6.54 Å². The highest BCUT2D eigenvalue weighted by Gasteiger charge is 2.09. The first kappa shape index (κ1) is 14.3. The van der Waals surface area contributed by atoms with Crippen LogP contribution in [0.25, 0.3) is 16.7 Å². The number of benzene rings is 1. The molecule has 114 valence electrons. The number of imidazole rings is 1. The Morgan fingerprint density at radius 2 is 2.09 bits per heavy atom. The Morgan fingerprint density at radius 3 is 2.77 bits per heavy atom. The maximum absolute atomic E-state index is 12.2. The summed E-state index contributed by atoms with van der Waals surface area (Å²) >= 11 is 0. The van der Waals surface area contributed by atoms with Crippen molar-refractivity contribution in [2.45, 2.75) is 26.8 Å². The number of H-pyrrole nitrogens is 1. The summed E-state index contributed by atoms with van der Waals surface area (Å²) in [7, 11) is 0. The Kier molecular flexibility index (Phi) is 3.66. The first-order chi connectivity index (χ1) is 10.6. The third-order valence-electron chi connectivity index (χ3n) is 3.69. The van der Waals surface area contributed by atoms with Crippen LogP contribution >= 0.6 is 0 Å². The summed E-state index contributed by atoms with van der Waals surface area (Å²) in [6.07, 6.45) is 6.07. The molecule has 0 amide bonds. The molecule has 1 aromatic carbocycles. The van der Waals surface area contributed by atoms with Gasteiger partial charge in [-0.15, -0.1) is 0 Å². The van der Waals surface area contributed by atoms with Gasteiger partial charge in [0.2, 0.25) is 0 Å². The monoisotopic (exact) mass is 298 g/mol. The lowest BCUT2D eigenvalue weighted by molar-refractivity contribution is 0.514. The van der Waals surface area contributed by atoms with Gasteiger partial charge in [0.05, 0.1) is 17.4 Å². The predicted molar refractivity (Wildman–Crippen MR) is 85.4 cm³/mol. The highest BCUT2D eigenvalue weighted by atomic mass is 16.2. The van der Waals surface area contributed by atoms with Gasteiger partial charge >= 0.3 is 11.1 Å². The van der Waals surface area contributed by atoms with Crippen LogP contribution in [0.3, 0.4) is 0 Å². The molecule has 6 nitrogen and oxygen atoms in total. The fraction of sp³-hybridized carbons (Fsp3) is 0.312. The maximum Gasteiger partial charge on any atom is 0.316 e. The summed E-state index contributed by atoms with van der Waals surface area (Å²) in [6.45, 7) is 4.72. The molecule has 1 N–H and O–H groups in total. The molecular weight excluding hydrogens is 280 g/mol. The maximum atomic E-state index is 12.2. The Hall–Kier alpha value is -2.63. The Morgan fingerprint density at radius 1 is 1.27 bits per heavy atom. The van der Waals surface area contributed by atoms with Gasteiger partial charge in [-0.1, -0.05) is 13.8 Å². The molecule has 3 aromatic rings. The van der Waals surface area contributed by atoms with Gasteiger partial charge in [-0.25, -0.2) is 4.98 Å². The van der Waals surface area contributed by atoms with Crippen molar-refractivity contribution < 1.29 is 0 Å². The van der Waals surface area contributed by atoms with Crippen molar-refractivity contribution in [1.29, 1.82) is 0 Å². The molecule has 0 unspecified atom stereocenters. The number of hydrogen-bond donors (Lipinski definition) is 1. The molecule has 22 heavy (non-hydrogen) atoms. The molecular formula is C16H18N4O2. The van der Waals surface area contributed by atoms with Crippen LogP contribution in [0.15, 0.2) is 46.5 Å². The number of fused-ring (bicyclic) bond motifs is 1. The summed E-state index contributed by atoms with van der Waals surface area (Å²) in [6, 6.07) is 5.60. The molecule has 0 spiro atoms. The van der Waals surface area contributed by atoms with Gasteiger partial charge in [0.25, 0.3) is 0 Å². The van der Waals surface area contributed by atoms with E-state index in [4.69, 9.17) is 0 Å². The average molecular weight is 298 g/mol. The molecule has 0 aliphatic carbocycles. The van der Waals surface area contributed by atoms with Crippen molar-refractivity contribution in [3.8, 4) is 5.69 Å².